The number of methoxy groups -OCH3 is 2. The summed E-state index contributed by atoms with van der Waals surface area (Å²) < 4.78 is 13.0. The lowest BCUT2D eigenvalue weighted by molar-refractivity contribution is 0.394. The van der Waals surface area contributed by atoms with Crippen LogP contribution in [0.4, 0.5) is 11.4 Å². The van der Waals surface area contributed by atoms with Gasteiger partial charge < -0.3 is 19.7 Å². The van der Waals surface area contributed by atoms with Crippen LogP contribution in [0.15, 0.2) is 55.0 Å². The van der Waals surface area contributed by atoms with Crippen LogP contribution >= 0.6 is 0 Å². The Kier molecular flexibility index (Phi) is 6.31. The quantitative estimate of drug-likeness (QED) is 0.380. The summed E-state index contributed by atoms with van der Waals surface area (Å²) >= 11 is 0. The van der Waals surface area contributed by atoms with E-state index in [-0.39, 0.29) is 0 Å². The fourth-order valence-electron chi connectivity index (χ4n) is 4.02. The molecule has 0 radical (unpaired) electrons. The highest BCUT2D eigenvalue weighted by Crippen LogP contribution is 2.38. The van der Waals surface area contributed by atoms with Crippen molar-refractivity contribution in [3.8, 4) is 22.8 Å². The number of likely N-dealkylation sites (N-methyl/N-ethyl adjacent to an activating group) is 1. The van der Waals surface area contributed by atoms with E-state index in [2.05, 4.69) is 44.6 Å². The van der Waals surface area contributed by atoms with E-state index < -0.39 is 0 Å². The Hall–Kier alpha value is -3.65. The molecule has 1 N–H and O–H groups in total. The van der Waals surface area contributed by atoms with Crippen molar-refractivity contribution in [2.24, 2.45) is 5.92 Å². The fraction of sp³-hybridized carbons (Fsp3) is 0.346. The van der Waals surface area contributed by atoms with Gasteiger partial charge in [0.05, 0.1) is 49.9 Å². The number of hydrogen-bond acceptors (Lipinski definition) is 7. The molecule has 1 fully saturated rings. The van der Waals surface area contributed by atoms with Crippen molar-refractivity contribution in [3.63, 3.8) is 0 Å². The van der Waals surface area contributed by atoms with E-state index >= 15 is 0 Å². The molecule has 0 spiro atoms. The smallest absolute Gasteiger partial charge is 0.124 e. The van der Waals surface area contributed by atoms with E-state index in [9.17, 15) is 0 Å². The summed E-state index contributed by atoms with van der Waals surface area (Å²) in [6, 6.07) is 12.3. The summed E-state index contributed by atoms with van der Waals surface area (Å²) in [5, 5.41) is 7.59. The summed E-state index contributed by atoms with van der Waals surface area (Å²) in [5.74, 6) is 2.23. The van der Waals surface area contributed by atoms with Gasteiger partial charge in [0.2, 0.25) is 0 Å². The minimum atomic E-state index is 0.689. The van der Waals surface area contributed by atoms with E-state index in [0.717, 1.165) is 64.8 Å². The molecule has 8 heteroatoms. The van der Waals surface area contributed by atoms with E-state index in [1.165, 1.54) is 12.8 Å². The summed E-state index contributed by atoms with van der Waals surface area (Å²) in [5.41, 5.74) is 5.61. The van der Waals surface area contributed by atoms with Gasteiger partial charge in [-0.3, -0.25) is 9.67 Å². The zero-order chi connectivity index (χ0) is 23.5. The maximum Gasteiger partial charge on any atom is 0.124 e. The Morgan fingerprint density at radius 2 is 1.79 bits per heavy atom. The average Bonchev–Trinajstić information content (AvgIpc) is 3.58. The molecule has 2 aromatic heterocycles. The number of aromatic nitrogens is 4. The fourth-order valence-corrected chi connectivity index (χ4v) is 4.02. The highest BCUT2D eigenvalue weighted by atomic mass is 16.5. The van der Waals surface area contributed by atoms with Gasteiger partial charge in [0, 0.05) is 54.4 Å². The van der Waals surface area contributed by atoms with Gasteiger partial charge in [0.15, 0.2) is 0 Å². The molecule has 2 heterocycles. The maximum absolute atomic E-state index is 5.52. The second kappa shape index (κ2) is 9.69. The third kappa shape index (κ3) is 4.82. The Balaban J connectivity index is 1.51. The molecular formula is C26H30N6O2. The molecule has 1 aliphatic rings. The van der Waals surface area contributed by atoms with Crippen LogP contribution in [-0.2, 0) is 6.54 Å². The van der Waals surface area contributed by atoms with E-state index in [0.29, 0.717) is 5.92 Å². The molecule has 0 atom stereocenters. The molecular weight excluding hydrogens is 428 g/mol. The summed E-state index contributed by atoms with van der Waals surface area (Å²) in [4.78, 5) is 11.9. The number of benzene rings is 2. The van der Waals surface area contributed by atoms with Gasteiger partial charge >= 0.3 is 0 Å². The SMILES string of the molecule is CNCCn1cc(-c2cnc3ccc(N(CC4CC4)c4cc(OC)cc(OC)c4)cc3n2)cn1. The summed E-state index contributed by atoms with van der Waals surface area (Å²) in [7, 11) is 5.29. The van der Waals surface area contributed by atoms with Crippen LogP contribution in [-0.4, -0.2) is 54.1 Å². The van der Waals surface area contributed by atoms with Gasteiger partial charge in [0.1, 0.15) is 11.5 Å². The second-order valence-corrected chi connectivity index (χ2v) is 8.65. The second-order valence-electron chi connectivity index (χ2n) is 8.65. The van der Waals surface area contributed by atoms with Gasteiger partial charge in [-0.2, -0.15) is 5.10 Å². The average molecular weight is 459 g/mol. The Morgan fingerprint density at radius 3 is 2.50 bits per heavy atom. The van der Waals surface area contributed by atoms with Crippen molar-refractivity contribution < 1.29 is 9.47 Å². The van der Waals surface area contributed by atoms with Gasteiger partial charge in [-0.25, -0.2) is 4.98 Å². The minimum absolute atomic E-state index is 0.689. The van der Waals surface area contributed by atoms with E-state index in [1.807, 2.05) is 42.5 Å². The van der Waals surface area contributed by atoms with E-state index in [1.54, 1.807) is 14.2 Å². The molecule has 5 rings (SSSR count). The summed E-state index contributed by atoms with van der Waals surface area (Å²) in [6.07, 6.45) is 8.19. The number of rotatable bonds is 10. The molecule has 0 unspecified atom stereocenters. The first-order chi connectivity index (χ1) is 16.7. The standard InChI is InChI=1S/C26H30N6O2/c1-27-8-9-31-17-19(14-29-31)26-15-28-24-7-6-20(12-25(24)30-26)32(16-18-4-5-18)21-10-22(33-2)13-23(11-21)34-3/h6-7,10-15,17-18,27H,4-5,8-9,16H2,1-3H3. The van der Waals surface area contributed by atoms with Crippen molar-refractivity contribution >= 4 is 22.4 Å². The van der Waals surface area contributed by atoms with Crippen LogP contribution in [0.5, 0.6) is 11.5 Å². The Bertz CT molecular complexity index is 1260. The maximum atomic E-state index is 5.52. The molecule has 2 aromatic carbocycles. The predicted molar refractivity (Wildman–Crippen MR) is 134 cm³/mol. The van der Waals surface area contributed by atoms with Gasteiger partial charge in [-0.15, -0.1) is 0 Å². The van der Waals surface area contributed by atoms with Crippen molar-refractivity contribution in [3.05, 3.63) is 55.0 Å². The first-order valence-corrected chi connectivity index (χ1v) is 11.6. The molecule has 8 nitrogen and oxygen atoms in total. The largest absolute Gasteiger partial charge is 0.497 e. The van der Waals surface area contributed by atoms with Crippen molar-refractivity contribution in [2.75, 3.05) is 39.3 Å². The normalized spacial score (nSPS) is 13.3. The molecule has 0 saturated heterocycles. The number of ether oxygens (including phenoxy) is 2. The van der Waals surface area contributed by atoms with Crippen LogP contribution in [0, 0.1) is 5.92 Å². The van der Waals surface area contributed by atoms with Gasteiger partial charge in [-0.05, 0) is 44.0 Å². The number of nitrogens with one attached hydrogen (secondary N) is 1. The number of nitrogens with zero attached hydrogens (tertiary/aromatic N) is 5. The lowest BCUT2D eigenvalue weighted by Gasteiger charge is -2.26. The van der Waals surface area contributed by atoms with Crippen LogP contribution in [0.2, 0.25) is 0 Å². The van der Waals surface area contributed by atoms with Crippen LogP contribution < -0.4 is 19.7 Å². The lowest BCUT2D eigenvalue weighted by atomic mass is 10.1. The van der Waals surface area contributed by atoms with Crippen LogP contribution in [0.25, 0.3) is 22.3 Å². The molecule has 4 aromatic rings. The zero-order valence-corrected chi connectivity index (χ0v) is 19.9. The van der Waals surface area contributed by atoms with Crippen LogP contribution in [0.1, 0.15) is 12.8 Å². The topological polar surface area (TPSA) is 77.3 Å². The van der Waals surface area contributed by atoms with Crippen molar-refractivity contribution in [1.82, 2.24) is 25.1 Å². The minimum Gasteiger partial charge on any atom is -0.497 e. The van der Waals surface area contributed by atoms with Gasteiger partial charge in [0.25, 0.3) is 0 Å². The first kappa shape index (κ1) is 22.2. The van der Waals surface area contributed by atoms with Gasteiger partial charge in [-0.1, -0.05) is 0 Å². The first-order valence-electron chi connectivity index (χ1n) is 11.6. The molecule has 0 aliphatic heterocycles. The molecule has 0 amide bonds. The molecule has 34 heavy (non-hydrogen) atoms. The zero-order valence-electron chi connectivity index (χ0n) is 19.9. The molecule has 0 bridgehead atoms. The molecule has 1 aliphatic carbocycles. The predicted octanol–water partition coefficient (Wildman–Crippen LogP) is 4.28. The highest BCUT2D eigenvalue weighted by molar-refractivity contribution is 5.82. The van der Waals surface area contributed by atoms with Crippen molar-refractivity contribution in [2.45, 2.75) is 19.4 Å². The lowest BCUT2D eigenvalue weighted by Crippen LogP contribution is -2.20. The van der Waals surface area contributed by atoms with E-state index in [4.69, 9.17) is 14.5 Å². The highest BCUT2D eigenvalue weighted by Gasteiger charge is 2.26. The summed E-state index contributed by atoms with van der Waals surface area (Å²) in [6.45, 7) is 2.61. The number of hydrogen-bond donors (Lipinski definition) is 1. The number of anilines is 2. The number of fused-ring (bicyclic) bond motifs is 1. The molecule has 1 saturated carbocycles. The molecule has 176 valence electrons. The van der Waals surface area contributed by atoms with Crippen LogP contribution in [0.3, 0.4) is 0 Å². The Labute approximate surface area is 199 Å². The third-order valence-electron chi connectivity index (χ3n) is 6.14. The Morgan fingerprint density at radius 1 is 1.00 bits per heavy atom. The monoisotopic (exact) mass is 458 g/mol. The van der Waals surface area contributed by atoms with Crippen molar-refractivity contribution in [1.29, 1.82) is 0 Å². The third-order valence-corrected chi connectivity index (χ3v) is 6.14.